The van der Waals surface area contributed by atoms with Gasteiger partial charge in [0.25, 0.3) is 10.0 Å². The molecular formula is C27H28N2O5S. The summed E-state index contributed by atoms with van der Waals surface area (Å²) in [6, 6.07) is 21.2. The second-order valence-electron chi connectivity index (χ2n) is 7.95. The Labute approximate surface area is 206 Å². The van der Waals surface area contributed by atoms with Gasteiger partial charge < -0.3 is 13.9 Å². The first-order valence-corrected chi connectivity index (χ1v) is 12.7. The Hall–Kier alpha value is -3.78. The van der Waals surface area contributed by atoms with Gasteiger partial charge in [-0.25, -0.2) is 13.4 Å². The van der Waals surface area contributed by atoms with E-state index in [4.69, 9.17) is 13.9 Å². The molecule has 35 heavy (non-hydrogen) atoms. The number of aryl methyl sites for hydroxylation is 2. The zero-order valence-electron chi connectivity index (χ0n) is 20.2. The van der Waals surface area contributed by atoms with Crippen molar-refractivity contribution in [3.8, 4) is 23.0 Å². The topological polar surface area (TPSA) is 81.9 Å². The van der Waals surface area contributed by atoms with Crippen molar-refractivity contribution in [1.82, 2.24) is 4.98 Å². The van der Waals surface area contributed by atoms with E-state index in [-0.39, 0.29) is 11.4 Å². The smallest absolute Gasteiger partial charge is 0.264 e. The monoisotopic (exact) mass is 492 g/mol. The van der Waals surface area contributed by atoms with Crippen LogP contribution in [0.5, 0.6) is 11.5 Å². The first-order valence-electron chi connectivity index (χ1n) is 11.3. The average molecular weight is 493 g/mol. The van der Waals surface area contributed by atoms with Gasteiger partial charge in [-0.05, 0) is 57.2 Å². The van der Waals surface area contributed by atoms with Gasteiger partial charge in [0.2, 0.25) is 5.89 Å². The largest absolute Gasteiger partial charge is 0.495 e. The third-order valence-corrected chi connectivity index (χ3v) is 7.34. The molecule has 0 atom stereocenters. The molecule has 7 nitrogen and oxygen atoms in total. The molecule has 0 unspecified atom stereocenters. The highest BCUT2D eigenvalue weighted by Gasteiger charge is 2.29. The fourth-order valence-corrected chi connectivity index (χ4v) is 5.16. The van der Waals surface area contributed by atoms with Gasteiger partial charge in [0.05, 0.1) is 36.4 Å². The average Bonchev–Trinajstić information content (AvgIpc) is 3.23. The Morgan fingerprint density at radius 3 is 2.26 bits per heavy atom. The number of anilines is 1. The number of hydrogen-bond acceptors (Lipinski definition) is 6. The molecule has 0 amide bonds. The highest BCUT2D eigenvalue weighted by molar-refractivity contribution is 7.92. The molecule has 3 aromatic carbocycles. The zero-order valence-corrected chi connectivity index (χ0v) is 21.0. The summed E-state index contributed by atoms with van der Waals surface area (Å²) in [6.45, 7) is 6.05. The lowest BCUT2D eigenvalue weighted by Crippen LogP contribution is -2.31. The van der Waals surface area contributed by atoms with Crippen molar-refractivity contribution >= 4 is 15.7 Å². The zero-order chi connectivity index (χ0) is 25.0. The molecule has 4 aromatic rings. The lowest BCUT2D eigenvalue weighted by molar-refractivity contribution is 0.340. The van der Waals surface area contributed by atoms with Crippen LogP contribution in [0.4, 0.5) is 5.69 Å². The summed E-state index contributed by atoms with van der Waals surface area (Å²) in [5.74, 6) is 1.97. The molecule has 182 valence electrons. The minimum atomic E-state index is -3.94. The van der Waals surface area contributed by atoms with Crippen LogP contribution in [-0.2, 0) is 16.6 Å². The predicted octanol–water partition coefficient (Wildman–Crippen LogP) is 5.76. The maximum Gasteiger partial charge on any atom is 0.264 e. The maximum atomic E-state index is 13.8. The molecule has 0 saturated heterocycles. The summed E-state index contributed by atoms with van der Waals surface area (Å²) < 4.78 is 46.2. The third kappa shape index (κ3) is 5.02. The van der Waals surface area contributed by atoms with Crippen molar-refractivity contribution in [3.05, 3.63) is 89.8 Å². The van der Waals surface area contributed by atoms with Gasteiger partial charge in [-0.2, -0.15) is 0 Å². The summed E-state index contributed by atoms with van der Waals surface area (Å²) in [7, 11) is -2.43. The molecule has 0 spiro atoms. The first kappa shape index (κ1) is 24.3. The van der Waals surface area contributed by atoms with Crippen molar-refractivity contribution in [1.29, 1.82) is 0 Å². The van der Waals surface area contributed by atoms with Crippen LogP contribution in [0.1, 0.15) is 23.9 Å². The number of sulfonamides is 1. The quantitative estimate of drug-likeness (QED) is 0.295. The fourth-order valence-electron chi connectivity index (χ4n) is 3.72. The molecule has 0 aliphatic heterocycles. The number of para-hydroxylation sites is 3. The molecular weight excluding hydrogens is 464 g/mol. The van der Waals surface area contributed by atoms with Crippen molar-refractivity contribution in [2.24, 2.45) is 0 Å². The molecule has 1 aromatic heterocycles. The highest BCUT2D eigenvalue weighted by atomic mass is 32.2. The minimum absolute atomic E-state index is 0.0390. The van der Waals surface area contributed by atoms with Crippen molar-refractivity contribution in [2.45, 2.75) is 32.2 Å². The Bertz CT molecular complexity index is 1410. The van der Waals surface area contributed by atoms with E-state index < -0.39 is 10.0 Å². The van der Waals surface area contributed by atoms with Crippen LogP contribution >= 0.6 is 0 Å². The van der Waals surface area contributed by atoms with E-state index in [1.165, 1.54) is 11.4 Å². The number of hydrogen-bond donors (Lipinski definition) is 0. The second-order valence-corrected chi connectivity index (χ2v) is 9.81. The fraction of sp³-hybridized carbons (Fsp3) is 0.222. The van der Waals surface area contributed by atoms with Crippen LogP contribution in [0.25, 0.3) is 11.5 Å². The minimum Gasteiger partial charge on any atom is -0.495 e. The van der Waals surface area contributed by atoms with Crippen molar-refractivity contribution in [3.63, 3.8) is 0 Å². The third-order valence-electron chi connectivity index (χ3n) is 5.57. The lowest BCUT2D eigenvalue weighted by Gasteiger charge is -2.25. The number of rotatable bonds is 9. The molecule has 4 rings (SSSR count). The molecule has 0 radical (unpaired) electrons. The van der Waals surface area contributed by atoms with E-state index in [0.29, 0.717) is 46.7 Å². The molecule has 0 saturated carbocycles. The molecule has 8 heteroatoms. The first-order chi connectivity index (χ1) is 16.8. The normalized spacial score (nSPS) is 11.3. The van der Waals surface area contributed by atoms with Crippen molar-refractivity contribution in [2.75, 3.05) is 18.0 Å². The molecule has 1 heterocycles. The van der Waals surface area contributed by atoms with Gasteiger partial charge in [-0.15, -0.1) is 0 Å². The number of ether oxygens (including phenoxy) is 2. The number of benzene rings is 3. The van der Waals surface area contributed by atoms with Crippen LogP contribution in [0.2, 0.25) is 0 Å². The number of oxazole rings is 1. The van der Waals surface area contributed by atoms with E-state index in [1.807, 2.05) is 38.1 Å². The summed E-state index contributed by atoms with van der Waals surface area (Å²) in [6.07, 6.45) is 0. The molecule has 0 aliphatic rings. The molecule has 0 N–H and O–H groups in total. The summed E-state index contributed by atoms with van der Waals surface area (Å²) in [5, 5.41) is 0. The Kier molecular flexibility index (Phi) is 7.12. The predicted molar refractivity (Wildman–Crippen MR) is 135 cm³/mol. The van der Waals surface area contributed by atoms with Gasteiger partial charge in [0.1, 0.15) is 23.0 Å². The maximum absolute atomic E-state index is 13.8. The van der Waals surface area contributed by atoms with Crippen LogP contribution in [0.15, 0.2) is 82.1 Å². The Morgan fingerprint density at radius 1 is 0.914 bits per heavy atom. The van der Waals surface area contributed by atoms with E-state index in [2.05, 4.69) is 4.98 Å². The van der Waals surface area contributed by atoms with Gasteiger partial charge in [-0.1, -0.05) is 42.0 Å². The Morgan fingerprint density at radius 2 is 1.57 bits per heavy atom. The van der Waals surface area contributed by atoms with Crippen LogP contribution < -0.4 is 13.8 Å². The molecule has 0 fully saturated rings. The van der Waals surface area contributed by atoms with E-state index in [1.54, 1.807) is 55.5 Å². The van der Waals surface area contributed by atoms with E-state index in [0.717, 1.165) is 5.56 Å². The highest BCUT2D eigenvalue weighted by Crippen LogP contribution is 2.36. The van der Waals surface area contributed by atoms with Gasteiger partial charge in [0.15, 0.2) is 0 Å². The molecule has 0 aliphatic carbocycles. The standard InChI is InChI=1S/C27H28N2O5S/c1-5-33-25-12-8-6-10-22(25)27-28-23(20(3)34-27)18-29(24-11-7-9-13-26(24)32-4)35(30,31)21-16-14-19(2)15-17-21/h6-17H,5,18H2,1-4H3. The van der Waals surface area contributed by atoms with Crippen LogP contribution in [0.3, 0.4) is 0 Å². The number of aromatic nitrogens is 1. The lowest BCUT2D eigenvalue weighted by atomic mass is 10.2. The summed E-state index contributed by atoms with van der Waals surface area (Å²) in [4.78, 5) is 4.85. The SMILES string of the molecule is CCOc1ccccc1-c1nc(CN(c2ccccc2OC)S(=O)(=O)c2ccc(C)cc2)c(C)o1. The van der Waals surface area contributed by atoms with Crippen molar-refractivity contribution < 1.29 is 22.3 Å². The second kappa shape index (κ2) is 10.2. The van der Waals surface area contributed by atoms with Crippen LogP contribution in [0, 0.1) is 13.8 Å². The number of nitrogens with zero attached hydrogens (tertiary/aromatic N) is 2. The van der Waals surface area contributed by atoms with E-state index >= 15 is 0 Å². The summed E-state index contributed by atoms with van der Waals surface area (Å²) >= 11 is 0. The van der Waals surface area contributed by atoms with Gasteiger partial charge in [-0.3, -0.25) is 4.31 Å². The molecule has 0 bridgehead atoms. The Balaban J connectivity index is 1.80. The summed E-state index contributed by atoms with van der Waals surface area (Å²) in [5.41, 5.74) is 2.58. The van der Waals surface area contributed by atoms with Crippen LogP contribution in [-0.4, -0.2) is 27.1 Å². The van der Waals surface area contributed by atoms with Gasteiger partial charge in [0, 0.05) is 0 Å². The number of methoxy groups -OCH3 is 1. The van der Waals surface area contributed by atoms with E-state index in [9.17, 15) is 8.42 Å². The van der Waals surface area contributed by atoms with Gasteiger partial charge >= 0.3 is 0 Å².